The summed E-state index contributed by atoms with van der Waals surface area (Å²) in [5, 5.41) is 9.33. The van der Waals surface area contributed by atoms with Crippen LogP contribution in [0.1, 0.15) is 48.0 Å². The molecule has 0 saturated heterocycles. The van der Waals surface area contributed by atoms with Gasteiger partial charge < -0.3 is 15.4 Å². The van der Waals surface area contributed by atoms with Crippen LogP contribution in [0.4, 0.5) is 5.69 Å². The van der Waals surface area contributed by atoms with Crippen LogP contribution >= 0.6 is 15.9 Å². The minimum atomic E-state index is -0.960. The second kappa shape index (κ2) is 11.4. The van der Waals surface area contributed by atoms with Gasteiger partial charge in [0, 0.05) is 16.1 Å². The van der Waals surface area contributed by atoms with Crippen molar-refractivity contribution in [1.29, 1.82) is 0 Å². The summed E-state index contributed by atoms with van der Waals surface area (Å²) in [7, 11) is 1.52. The third-order valence-corrected chi connectivity index (χ3v) is 5.62. The van der Waals surface area contributed by atoms with Crippen LogP contribution in [0.25, 0.3) is 0 Å². The van der Waals surface area contributed by atoms with E-state index in [1.165, 1.54) is 19.7 Å². The van der Waals surface area contributed by atoms with Crippen LogP contribution in [-0.2, 0) is 9.59 Å². The van der Waals surface area contributed by atoms with Crippen LogP contribution in [0.15, 0.2) is 52.0 Å². The zero-order chi connectivity index (χ0) is 22.9. The van der Waals surface area contributed by atoms with Crippen LogP contribution in [0.2, 0.25) is 0 Å². The van der Waals surface area contributed by atoms with Gasteiger partial charge in [-0.05, 0) is 43.2 Å². The summed E-state index contributed by atoms with van der Waals surface area (Å²) in [6.07, 6.45) is 6.64. The first-order valence-electron chi connectivity index (χ1n) is 10.4. The fourth-order valence-corrected chi connectivity index (χ4v) is 3.88. The van der Waals surface area contributed by atoms with E-state index in [1.54, 1.807) is 36.4 Å². The van der Waals surface area contributed by atoms with Gasteiger partial charge in [-0.3, -0.25) is 14.4 Å². The first-order valence-corrected chi connectivity index (χ1v) is 11.1. The number of methoxy groups -OCH3 is 1. The number of nitrogens with zero attached hydrogens (tertiary/aromatic N) is 1. The maximum absolute atomic E-state index is 12.7. The molecule has 0 unspecified atom stereocenters. The summed E-state index contributed by atoms with van der Waals surface area (Å²) < 4.78 is 6.04. The number of hydrazone groups is 1. The molecule has 1 aliphatic carbocycles. The van der Waals surface area contributed by atoms with Gasteiger partial charge in [0.05, 0.1) is 24.6 Å². The van der Waals surface area contributed by atoms with Gasteiger partial charge in [0.1, 0.15) is 5.75 Å². The fourth-order valence-electron chi connectivity index (χ4n) is 3.50. The Morgan fingerprint density at radius 1 is 1.06 bits per heavy atom. The van der Waals surface area contributed by atoms with E-state index in [4.69, 9.17) is 4.74 Å². The Bertz CT molecular complexity index is 1020. The van der Waals surface area contributed by atoms with Gasteiger partial charge >= 0.3 is 11.8 Å². The second-order valence-electron chi connectivity index (χ2n) is 7.39. The van der Waals surface area contributed by atoms with E-state index in [0.29, 0.717) is 16.9 Å². The monoisotopic (exact) mass is 500 g/mol. The Labute approximate surface area is 194 Å². The number of amides is 3. The molecule has 1 fully saturated rings. The Kier molecular flexibility index (Phi) is 8.38. The van der Waals surface area contributed by atoms with Crippen molar-refractivity contribution >= 4 is 45.6 Å². The molecule has 168 valence electrons. The molecule has 9 heteroatoms. The number of benzene rings is 2. The normalized spacial score (nSPS) is 14.1. The van der Waals surface area contributed by atoms with Gasteiger partial charge in [-0.25, -0.2) is 5.43 Å². The summed E-state index contributed by atoms with van der Waals surface area (Å²) in [6, 6.07) is 12.0. The number of nitrogens with one attached hydrogen (secondary N) is 3. The Morgan fingerprint density at radius 2 is 1.81 bits per heavy atom. The van der Waals surface area contributed by atoms with Crippen molar-refractivity contribution in [3.63, 3.8) is 0 Å². The summed E-state index contributed by atoms with van der Waals surface area (Å²) in [6.45, 7) is 0. The van der Waals surface area contributed by atoms with Gasteiger partial charge in [-0.15, -0.1) is 0 Å². The Balaban J connectivity index is 1.61. The average molecular weight is 501 g/mol. The lowest BCUT2D eigenvalue weighted by Crippen LogP contribution is -2.37. The zero-order valence-corrected chi connectivity index (χ0v) is 19.3. The molecular formula is C23H25BrN4O4. The summed E-state index contributed by atoms with van der Waals surface area (Å²) in [5.41, 5.74) is 3.37. The largest absolute Gasteiger partial charge is 0.496 e. The number of ether oxygens (including phenoxy) is 1. The molecule has 0 aromatic heterocycles. The van der Waals surface area contributed by atoms with Gasteiger partial charge in [0.15, 0.2) is 0 Å². The number of halogens is 1. The Morgan fingerprint density at radius 3 is 2.56 bits per heavy atom. The lowest BCUT2D eigenvalue weighted by atomic mass is 9.95. The van der Waals surface area contributed by atoms with Crippen LogP contribution in [0.5, 0.6) is 5.75 Å². The number of para-hydroxylation sites is 1. The SMILES string of the molecule is COc1ccc(Br)cc1/C=N\NC(=O)C(=O)Nc1ccccc1C(=O)NC1CCCCC1. The molecule has 0 bridgehead atoms. The number of carbonyl (C=O) groups is 3. The summed E-state index contributed by atoms with van der Waals surface area (Å²) in [5.74, 6) is -1.60. The van der Waals surface area contributed by atoms with Crippen LogP contribution < -0.4 is 20.8 Å². The van der Waals surface area contributed by atoms with Crippen LogP contribution in [0, 0.1) is 0 Å². The van der Waals surface area contributed by atoms with E-state index in [2.05, 4.69) is 37.1 Å². The van der Waals surface area contributed by atoms with Crippen molar-refractivity contribution in [1.82, 2.24) is 10.7 Å². The van der Waals surface area contributed by atoms with Gasteiger partial charge in [0.25, 0.3) is 5.91 Å². The van der Waals surface area contributed by atoms with E-state index in [0.717, 1.165) is 30.2 Å². The molecule has 32 heavy (non-hydrogen) atoms. The van der Waals surface area contributed by atoms with Crippen molar-refractivity contribution < 1.29 is 19.1 Å². The first-order chi connectivity index (χ1) is 15.5. The van der Waals surface area contributed by atoms with Crippen LogP contribution in [0.3, 0.4) is 0 Å². The maximum Gasteiger partial charge on any atom is 0.329 e. The molecule has 1 aliphatic rings. The summed E-state index contributed by atoms with van der Waals surface area (Å²) in [4.78, 5) is 37.2. The number of rotatable bonds is 6. The minimum Gasteiger partial charge on any atom is -0.496 e. The molecule has 0 aliphatic heterocycles. The predicted molar refractivity (Wildman–Crippen MR) is 126 cm³/mol. The number of carbonyl (C=O) groups excluding carboxylic acids is 3. The van der Waals surface area contributed by atoms with E-state index in [9.17, 15) is 14.4 Å². The molecular weight excluding hydrogens is 476 g/mol. The second-order valence-corrected chi connectivity index (χ2v) is 8.31. The highest BCUT2D eigenvalue weighted by atomic mass is 79.9. The number of hydrogen-bond donors (Lipinski definition) is 3. The standard InChI is InChI=1S/C23H25BrN4O4/c1-32-20-12-11-16(24)13-15(20)14-25-28-23(31)22(30)27-19-10-6-5-9-18(19)21(29)26-17-7-3-2-4-8-17/h5-6,9-14,17H,2-4,7-8H2,1H3,(H,26,29)(H,27,30)(H,28,31)/b25-14-. The van der Waals surface area contributed by atoms with Gasteiger partial charge in [-0.2, -0.15) is 5.10 Å². The zero-order valence-electron chi connectivity index (χ0n) is 17.7. The molecule has 3 amide bonds. The molecule has 2 aromatic carbocycles. The lowest BCUT2D eigenvalue weighted by Gasteiger charge is -2.23. The highest BCUT2D eigenvalue weighted by molar-refractivity contribution is 9.10. The Hall–Kier alpha value is -3.20. The van der Waals surface area contributed by atoms with E-state index < -0.39 is 11.8 Å². The maximum atomic E-state index is 12.7. The van der Waals surface area contributed by atoms with E-state index >= 15 is 0 Å². The van der Waals surface area contributed by atoms with Gasteiger partial charge in [0.2, 0.25) is 0 Å². The molecule has 8 nitrogen and oxygen atoms in total. The number of hydrogen-bond acceptors (Lipinski definition) is 5. The quantitative estimate of drug-likeness (QED) is 0.319. The van der Waals surface area contributed by atoms with Crippen molar-refractivity contribution in [3.05, 3.63) is 58.1 Å². The van der Waals surface area contributed by atoms with Crippen molar-refractivity contribution in [2.24, 2.45) is 5.10 Å². The van der Waals surface area contributed by atoms with Crippen LogP contribution in [-0.4, -0.2) is 37.1 Å². The molecule has 1 saturated carbocycles. The topological polar surface area (TPSA) is 109 Å². The molecule has 3 N–H and O–H groups in total. The molecule has 0 atom stereocenters. The predicted octanol–water partition coefficient (Wildman–Crippen LogP) is 3.61. The highest BCUT2D eigenvalue weighted by Crippen LogP contribution is 2.22. The molecule has 0 heterocycles. The molecule has 0 radical (unpaired) electrons. The van der Waals surface area contributed by atoms with Crippen molar-refractivity contribution in [3.8, 4) is 5.75 Å². The van der Waals surface area contributed by atoms with E-state index in [1.807, 2.05) is 6.07 Å². The lowest BCUT2D eigenvalue weighted by molar-refractivity contribution is -0.136. The smallest absolute Gasteiger partial charge is 0.329 e. The van der Waals surface area contributed by atoms with Gasteiger partial charge in [-0.1, -0.05) is 47.3 Å². The first kappa shape index (κ1) is 23.5. The summed E-state index contributed by atoms with van der Waals surface area (Å²) >= 11 is 3.35. The molecule has 0 spiro atoms. The van der Waals surface area contributed by atoms with Crippen molar-refractivity contribution in [2.45, 2.75) is 38.1 Å². The fraction of sp³-hybridized carbons (Fsp3) is 0.304. The average Bonchev–Trinajstić information content (AvgIpc) is 2.80. The number of anilines is 1. The van der Waals surface area contributed by atoms with E-state index in [-0.39, 0.29) is 17.6 Å². The molecule has 3 rings (SSSR count). The third kappa shape index (κ3) is 6.40. The third-order valence-electron chi connectivity index (χ3n) is 5.13. The molecule has 2 aromatic rings. The van der Waals surface area contributed by atoms with Crippen molar-refractivity contribution in [2.75, 3.05) is 12.4 Å². The highest BCUT2D eigenvalue weighted by Gasteiger charge is 2.20. The minimum absolute atomic E-state index is 0.132.